The smallest absolute Gasteiger partial charge is 0.239 e. The maximum Gasteiger partial charge on any atom is 0.239 e. The van der Waals surface area contributed by atoms with Crippen molar-refractivity contribution in [2.75, 3.05) is 31.3 Å². The van der Waals surface area contributed by atoms with E-state index in [1.807, 2.05) is 0 Å². The standard InChI is InChI=1S/C7H12N4O2/c1-13-3-2-9-7-10-4-5(8)6(12)11-7/h4H,2-3,8H2,1H3,(H2,9,10,11,12). The van der Waals surface area contributed by atoms with Gasteiger partial charge in [-0.05, 0) is 0 Å². The Kier molecular flexibility index (Phi) is 3.27. The molecule has 0 radical (unpaired) electrons. The zero-order chi connectivity index (χ0) is 9.68. The minimum atomic E-state index is -0.213. The number of rotatable bonds is 4. The first-order chi connectivity index (χ1) is 6.24. The van der Waals surface area contributed by atoms with E-state index >= 15 is 0 Å². The van der Waals surface area contributed by atoms with Crippen LogP contribution in [-0.2, 0) is 4.74 Å². The summed E-state index contributed by atoms with van der Waals surface area (Å²) in [6, 6.07) is 0. The second-order valence-electron chi connectivity index (χ2n) is 2.39. The predicted molar refractivity (Wildman–Crippen MR) is 48.5 cm³/mol. The lowest BCUT2D eigenvalue weighted by molar-refractivity contribution is 0.210. The molecule has 0 aromatic carbocycles. The van der Waals surface area contributed by atoms with Crippen molar-refractivity contribution in [3.8, 4) is 5.88 Å². The highest BCUT2D eigenvalue weighted by molar-refractivity contribution is 5.47. The van der Waals surface area contributed by atoms with Crippen LogP contribution >= 0.6 is 0 Å². The molecule has 0 unspecified atom stereocenters. The predicted octanol–water partition coefficient (Wildman–Crippen LogP) is -0.177. The molecule has 6 nitrogen and oxygen atoms in total. The van der Waals surface area contributed by atoms with Gasteiger partial charge < -0.3 is 20.9 Å². The fourth-order valence-electron chi connectivity index (χ4n) is 0.732. The molecule has 4 N–H and O–H groups in total. The van der Waals surface area contributed by atoms with Gasteiger partial charge in [-0.3, -0.25) is 0 Å². The Bertz CT molecular complexity index is 279. The van der Waals surface area contributed by atoms with Gasteiger partial charge in [0.1, 0.15) is 5.69 Å². The summed E-state index contributed by atoms with van der Waals surface area (Å²) in [5.74, 6) is 0.124. The first kappa shape index (κ1) is 9.53. The van der Waals surface area contributed by atoms with Crippen LogP contribution in [0.2, 0.25) is 0 Å². The number of hydrogen-bond donors (Lipinski definition) is 3. The summed E-state index contributed by atoms with van der Waals surface area (Å²) >= 11 is 0. The van der Waals surface area contributed by atoms with E-state index < -0.39 is 0 Å². The van der Waals surface area contributed by atoms with Crippen molar-refractivity contribution in [3.05, 3.63) is 6.20 Å². The van der Waals surface area contributed by atoms with E-state index in [4.69, 9.17) is 15.6 Å². The number of nitrogens with two attached hydrogens (primary N) is 1. The van der Waals surface area contributed by atoms with Crippen LogP contribution in [0.15, 0.2) is 6.20 Å². The van der Waals surface area contributed by atoms with Crippen molar-refractivity contribution < 1.29 is 9.84 Å². The normalized spacial score (nSPS) is 9.92. The summed E-state index contributed by atoms with van der Waals surface area (Å²) in [6.07, 6.45) is 1.34. The molecule has 13 heavy (non-hydrogen) atoms. The van der Waals surface area contributed by atoms with Crippen molar-refractivity contribution in [3.63, 3.8) is 0 Å². The van der Waals surface area contributed by atoms with Crippen LogP contribution in [0.1, 0.15) is 0 Å². The zero-order valence-electron chi connectivity index (χ0n) is 7.32. The highest BCUT2D eigenvalue weighted by Gasteiger charge is 2.00. The minimum Gasteiger partial charge on any atom is -0.492 e. The number of methoxy groups -OCH3 is 1. The molecule has 0 fully saturated rings. The van der Waals surface area contributed by atoms with Crippen LogP contribution < -0.4 is 11.1 Å². The molecule has 1 heterocycles. The summed E-state index contributed by atoms with van der Waals surface area (Å²) in [5, 5.41) is 12.0. The third-order valence-electron chi connectivity index (χ3n) is 1.39. The van der Waals surface area contributed by atoms with E-state index in [2.05, 4.69) is 15.3 Å². The molecule has 1 aromatic heterocycles. The molecular formula is C7H12N4O2. The average molecular weight is 184 g/mol. The largest absolute Gasteiger partial charge is 0.492 e. The number of hydrogen-bond acceptors (Lipinski definition) is 6. The molecule has 0 atom stereocenters. The van der Waals surface area contributed by atoms with Crippen LogP contribution in [0, 0.1) is 0 Å². The molecule has 0 aliphatic carbocycles. The molecule has 0 aliphatic rings. The number of nitrogens with one attached hydrogen (secondary N) is 1. The number of nitrogen functional groups attached to an aromatic ring is 1. The van der Waals surface area contributed by atoms with Gasteiger partial charge in [-0.1, -0.05) is 0 Å². The Morgan fingerprint density at radius 3 is 3.08 bits per heavy atom. The lowest BCUT2D eigenvalue weighted by Crippen LogP contribution is -2.10. The van der Waals surface area contributed by atoms with Crippen LogP contribution in [0.25, 0.3) is 0 Å². The van der Waals surface area contributed by atoms with Gasteiger partial charge in [0.05, 0.1) is 12.8 Å². The number of anilines is 2. The van der Waals surface area contributed by atoms with E-state index in [0.717, 1.165) is 0 Å². The Balaban J connectivity index is 2.53. The number of aromatic hydroxyl groups is 1. The highest BCUT2D eigenvalue weighted by Crippen LogP contribution is 2.15. The third kappa shape index (κ3) is 2.75. The molecule has 0 bridgehead atoms. The fourth-order valence-corrected chi connectivity index (χ4v) is 0.732. The molecule has 0 aliphatic heterocycles. The molecule has 72 valence electrons. The molecule has 1 aromatic rings. The number of aromatic nitrogens is 2. The van der Waals surface area contributed by atoms with Gasteiger partial charge in [-0.2, -0.15) is 4.98 Å². The van der Waals surface area contributed by atoms with E-state index in [1.54, 1.807) is 7.11 Å². The lowest BCUT2D eigenvalue weighted by Gasteiger charge is -2.04. The van der Waals surface area contributed by atoms with Crippen molar-refractivity contribution in [1.29, 1.82) is 0 Å². The Labute approximate surface area is 75.8 Å². The molecule has 1 rings (SSSR count). The van der Waals surface area contributed by atoms with Gasteiger partial charge in [0.25, 0.3) is 0 Å². The summed E-state index contributed by atoms with van der Waals surface area (Å²) < 4.78 is 4.81. The molecule has 0 spiro atoms. The molecule has 6 heteroatoms. The number of ether oxygens (including phenoxy) is 1. The van der Waals surface area contributed by atoms with Crippen LogP contribution in [0.4, 0.5) is 11.6 Å². The maximum atomic E-state index is 9.11. The topological polar surface area (TPSA) is 93.3 Å². The molecule has 0 saturated carbocycles. The summed E-state index contributed by atoms with van der Waals surface area (Å²) in [4.78, 5) is 7.55. The van der Waals surface area contributed by atoms with Crippen LogP contribution in [0.5, 0.6) is 5.88 Å². The fraction of sp³-hybridized carbons (Fsp3) is 0.429. The summed E-state index contributed by atoms with van der Waals surface area (Å²) in [6.45, 7) is 1.13. The second-order valence-corrected chi connectivity index (χ2v) is 2.39. The van der Waals surface area contributed by atoms with Crippen molar-refractivity contribution in [2.24, 2.45) is 0 Å². The SMILES string of the molecule is COCCNc1ncc(N)c(O)n1. The Morgan fingerprint density at radius 2 is 2.46 bits per heavy atom. The Hall–Kier alpha value is -1.56. The van der Waals surface area contributed by atoms with Gasteiger partial charge in [-0.15, -0.1) is 0 Å². The van der Waals surface area contributed by atoms with Gasteiger partial charge in [-0.25, -0.2) is 4.98 Å². The zero-order valence-corrected chi connectivity index (χ0v) is 7.32. The summed E-state index contributed by atoms with van der Waals surface area (Å²) in [7, 11) is 1.60. The third-order valence-corrected chi connectivity index (χ3v) is 1.39. The second kappa shape index (κ2) is 4.46. The van der Waals surface area contributed by atoms with E-state index in [9.17, 15) is 0 Å². The molecular weight excluding hydrogens is 172 g/mol. The monoisotopic (exact) mass is 184 g/mol. The van der Waals surface area contributed by atoms with Crippen LogP contribution in [0.3, 0.4) is 0 Å². The first-order valence-electron chi connectivity index (χ1n) is 3.78. The van der Waals surface area contributed by atoms with E-state index in [1.165, 1.54) is 6.20 Å². The van der Waals surface area contributed by atoms with Gasteiger partial charge in [0, 0.05) is 13.7 Å². The number of nitrogens with zero attached hydrogens (tertiary/aromatic N) is 2. The molecule has 0 amide bonds. The van der Waals surface area contributed by atoms with Crippen molar-refractivity contribution in [1.82, 2.24) is 9.97 Å². The van der Waals surface area contributed by atoms with E-state index in [0.29, 0.717) is 19.1 Å². The quantitative estimate of drug-likeness (QED) is 0.562. The summed E-state index contributed by atoms with van der Waals surface area (Å²) in [5.41, 5.74) is 5.48. The maximum absolute atomic E-state index is 9.11. The van der Waals surface area contributed by atoms with Crippen LogP contribution in [-0.4, -0.2) is 35.3 Å². The van der Waals surface area contributed by atoms with Gasteiger partial charge in [0.2, 0.25) is 11.8 Å². The minimum absolute atomic E-state index is 0.164. The average Bonchev–Trinajstić information content (AvgIpc) is 2.12. The first-order valence-corrected chi connectivity index (χ1v) is 3.78. The highest BCUT2D eigenvalue weighted by atomic mass is 16.5. The van der Waals surface area contributed by atoms with Crippen molar-refractivity contribution in [2.45, 2.75) is 0 Å². The van der Waals surface area contributed by atoms with Crippen molar-refractivity contribution >= 4 is 11.6 Å². The molecule has 0 saturated heterocycles. The van der Waals surface area contributed by atoms with Gasteiger partial charge >= 0.3 is 0 Å². The van der Waals surface area contributed by atoms with Gasteiger partial charge in [0.15, 0.2) is 0 Å². The lowest BCUT2D eigenvalue weighted by atomic mass is 10.5. The van der Waals surface area contributed by atoms with E-state index in [-0.39, 0.29) is 11.6 Å². The Morgan fingerprint density at radius 1 is 1.69 bits per heavy atom.